The van der Waals surface area contributed by atoms with Gasteiger partial charge in [0.25, 0.3) is 5.91 Å². The van der Waals surface area contributed by atoms with Crippen molar-refractivity contribution >= 4 is 39.4 Å². The smallest absolute Gasteiger partial charge is 0.305 e. The molecule has 1 N–H and O–H groups in total. The Morgan fingerprint density at radius 3 is 2.84 bits per heavy atom. The number of likely N-dealkylation sites (tertiary alicyclic amines) is 1. The predicted octanol–water partition coefficient (Wildman–Crippen LogP) is 3.18. The number of carbonyl (C=O) groups excluding carboxylic acids is 1. The molecular weight excluding hydrogens is 334 g/mol. The Hall–Kier alpha value is -1.07. The molecule has 1 unspecified atom stereocenters. The van der Waals surface area contributed by atoms with E-state index in [4.69, 9.17) is 16.7 Å². The maximum atomic E-state index is 12.4. The zero-order chi connectivity index (χ0) is 14.0. The molecule has 2 rings (SSSR count). The van der Waals surface area contributed by atoms with Gasteiger partial charge in [0.05, 0.1) is 11.4 Å². The van der Waals surface area contributed by atoms with Crippen LogP contribution in [0.1, 0.15) is 29.6 Å². The summed E-state index contributed by atoms with van der Waals surface area (Å²) in [6, 6.07) is 4.79. The third-order valence-electron chi connectivity index (χ3n) is 3.21. The molecule has 1 aliphatic rings. The zero-order valence-corrected chi connectivity index (χ0v) is 12.4. The second-order valence-corrected chi connectivity index (χ2v) is 5.78. The van der Waals surface area contributed by atoms with Gasteiger partial charge >= 0.3 is 5.97 Å². The topological polar surface area (TPSA) is 57.6 Å². The second-order valence-electron chi connectivity index (χ2n) is 4.52. The molecule has 4 nitrogen and oxygen atoms in total. The van der Waals surface area contributed by atoms with Crippen LogP contribution in [0.15, 0.2) is 22.7 Å². The molecule has 1 fully saturated rings. The minimum absolute atomic E-state index is 0.00397. The lowest BCUT2D eigenvalue weighted by molar-refractivity contribution is -0.137. The highest BCUT2D eigenvalue weighted by Gasteiger charge is 2.31. The molecule has 1 aliphatic heterocycles. The largest absolute Gasteiger partial charge is 0.481 e. The number of rotatable bonds is 3. The highest BCUT2D eigenvalue weighted by molar-refractivity contribution is 9.10. The van der Waals surface area contributed by atoms with Gasteiger partial charge in [-0.25, -0.2) is 0 Å². The quantitative estimate of drug-likeness (QED) is 0.914. The number of carbonyl (C=O) groups is 2. The Kier molecular flexibility index (Phi) is 4.47. The van der Waals surface area contributed by atoms with E-state index < -0.39 is 5.97 Å². The van der Waals surface area contributed by atoms with Crippen molar-refractivity contribution in [2.45, 2.75) is 25.3 Å². The van der Waals surface area contributed by atoms with Gasteiger partial charge in [0.1, 0.15) is 0 Å². The standard InChI is InChI=1S/C13H13BrClNO3/c14-10-4-3-8(6-11(10)15)13(19)16-5-1-2-9(16)7-12(17)18/h3-4,6,9H,1-2,5,7H2,(H,17,18). The van der Waals surface area contributed by atoms with Gasteiger partial charge in [0.15, 0.2) is 0 Å². The van der Waals surface area contributed by atoms with Crippen LogP contribution in [0.4, 0.5) is 0 Å². The minimum Gasteiger partial charge on any atom is -0.481 e. The normalized spacial score (nSPS) is 18.6. The summed E-state index contributed by atoms with van der Waals surface area (Å²) in [6.45, 7) is 0.602. The van der Waals surface area contributed by atoms with Crippen molar-refractivity contribution in [2.75, 3.05) is 6.54 Å². The lowest BCUT2D eigenvalue weighted by atomic mass is 10.1. The van der Waals surface area contributed by atoms with Gasteiger partial charge in [-0.1, -0.05) is 11.6 Å². The van der Waals surface area contributed by atoms with E-state index in [9.17, 15) is 9.59 Å². The van der Waals surface area contributed by atoms with Crippen molar-refractivity contribution in [1.82, 2.24) is 4.90 Å². The van der Waals surface area contributed by atoms with E-state index in [1.165, 1.54) is 0 Å². The van der Waals surface area contributed by atoms with E-state index in [-0.39, 0.29) is 18.4 Å². The molecule has 0 aromatic heterocycles. The molecule has 1 aromatic carbocycles. The average Bonchev–Trinajstić information content (AvgIpc) is 2.79. The first kappa shape index (κ1) is 14.3. The van der Waals surface area contributed by atoms with Crippen LogP contribution in [-0.4, -0.2) is 34.5 Å². The van der Waals surface area contributed by atoms with Crippen molar-refractivity contribution in [3.63, 3.8) is 0 Å². The molecule has 0 spiro atoms. The van der Waals surface area contributed by atoms with Crippen molar-refractivity contribution in [3.05, 3.63) is 33.3 Å². The summed E-state index contributed by atoms with van der Waals surface area (Å²) in [5.74, 6) is -1.03. The van der Waals surface area contributed by atoms with Crippen molar-refractivity contribution in [3.8, 4) is 0 Å². The predicted molar refractivity (Wildman–Crippen MR) is 75.5 cm³/mol. The Morgan fingerprint density at radius 1 is 1.47 bits per heavy atom. The van der Waals surface area contributed by atoms with E-state index in [0.29, 0.717) is 17.1 Å². The first-order valence-electron chi connectivity index (χ1n) is 5.97. The molecule has 1 aromatic rings. The van der Waals surface area contributed by atoms with Crippen LogP contribution in [0.5, 0.6) is 0 Å². The van der Waals surface area contributed by atoms with Gasteiger partial charge in [-0.2, -0.15) is 0 Å². The maximum absolute atomic E-state index is 12.4. The molecule has 1 saturated heterocycles. The van der Waals surface area contributed by atoms with Crippen LogP contribution >= 0.6 is 27.5 Å². The summed E-state index contributed by atoms with van der Waals surface area (Å²) in [7, 11) is 0. The first-order valence-corrected chi connectivity index (χ1v) is 7.14. The highest BCUT2D eigenvalue weighted by atomic mass is 79.9. The number of aliphatic carboxylic acids is 1. The number of hydrogen-bond donors (Lipinski definition) is 1. The van der Waals surface area contributed by atoms with Crippen molar-refractivity contribution in [1.29, 1.82) is 0 Å². The van der Waals surface area contributed by atoms with Crippen LogP contribution in [0.3, 0.4) is 0 Å². The zero-order valence-electron chi connectivity index (χ0n) is 10.1. The van der Waals surface area contributed by atoms with Gasteiger partial charge in [0, 0.05) is 22.6 Å². The molecule has 102 valence electrons. The lowest BCUT2D eigenvalue weighted by Crippen LogP contribution is -2.36. The molecule has 0 bridgehead atoms. The van der Waals surface area contributed by atoms with Crippen LogP contribution in [-0.2, 0) is 4.79 Å². The molecular formula is C13H13BrClNO3. The fourth-order valence-electron chi connectivity index (χ4n) is 2.31. The Bertz CT molecular complexity index is 521. The van der Waals surface area contributed by atoms with E-state index >= 15 is 0 Å². The van der Waals surface area contributed by atoms with Gasteiger partial charge in [0.2, 0.25) is 0 Å². The molecule has 0 radical (unpaired) electrons. The highest BCUT2D eigenvalue weighted by Crippen LogP contribution is 2.26. The number of amides is 1. The maximum Gasteiger partial charge on any atom is 0.305 e. The van der Waals surface area contributed by atoms with Gasteiger partial charge in [-0.15, -0.1) is 0 Å². The fraction of sp³-hybridized carbons (Fsp3) is 0.385. The molecule has 6 heteroatoms. The van der Waals surface area contributed by atoms with Crippen molar-refractivity contribution in [2.24, 2.45) is 0 Å². The van der Waals surface area contributed by atoms with Crippen LogP contribution in [0.2, 0.25) is 5.02 Å². The third-order valence-corrected chi connectivity index (χ3v) is 4.45. The SMILES string of the molecule is O=C(O)CC1CCCN1C(=O)c1ccc(Br)c(Cl)c1. The van der Waals surface area contributed by atoms with E-state index in [1.54, 1.807) is 23.1 Å². The number of carboxylic acids is 1. The summed E-state index contributed by atoms with van der Waals surface area (Å²) in [5.41, 5.74) is 0.491. The fourth-order valence-corrected chi connectivity index (χ4v) is 2.74. The van der Waals surface area contributed by atoms with E-state index in [1.807, 2.05) is 0 Å². The Morgan fingerprint density at radius 2 is 2.21 bits per heavy atom. The molecule has 1 heterocycles. The van der Waals surface area contributed by atoms with Crippen LogP contribution in [0.25, 0.3) is 0 Å². The summed E-state index contributed by atoms with van der Waals surface area (Å²) in [4.78, 5) is 24.8. The summed E-state index contributed by atoms with van der Waals surface area (Å²) < 4.78 is 0.731. The molecule has 0 saturated carbocycles. The van der Waals surface area contributed by atoms with Gasteiger partial charge < -0.3 is 10.0 Å². The summed E-state index contributed by atoms with van der Waals surface area (Å²) in [5, 5.41) is 9.33. The van der Waals surface area contributed by atoms with Crippen LogP contribution < -0.4 is 0 Å². The minimum atomic E-state index is -0.876. The number of hydrogen-bond acceptors (Lipinski definition) is 2. The van der Waals surface area contributed by atoms with Crippen molar-refractivity contribution < 1.29 is 14.7 Å². The van der Waals surface area contributed by atoms with E-state index in [2.05, 4.69) is 15.9 Å². The van der Waals surface area contributed by atoms with E-state index in [0.717, 1.165) is 17.3 Å². The average molecular weight is 347 g/mol. The Labute approximate surface area is 124 Å². The van der Waals surface area contributed by atoms with Crippen LogP contribution in [0, 0.1) is 0 Å². The first-order chi connectivity index (χ1) is 8.99. The molecule has 0 aliphatic carbocycles. The second kappa shape index (κ2) is 5.92. The third kappa shape index (κ3) is 3.28. The summed E-state index contributed by atoms with van der Waals surface area (Å²) >= 11 is 9.25. The molecule has 1 amide bonds. The van der Waals surface area contributed by atoms with Gasteiger partial charge in [-0.3, -0.25) is 9.59 Å². The van der Waals surface area contributed by atoms with Gasteiger partial charge in [-0.05, 0) is 47.0 Å². The number of carboxylic acid groups (broad SMARTS) is 1. The summed E-state index contributed by atoms with van der Waals surface area (Å²) in [6.07, 6.45) is 1.58. The number of benzene rings is 1. The molecule has 1 atom stereocenters. The Balaban J connectivity index is 2.18. The molecule has 19 heavy (non-hydrogen) atoms. The monoisotopic (exact) mass is 345 g/mol. The number of halogens is 2. The number of nitrogens with zero attached hydrogens (tertiary/aromatic N) is 1. The lowest BCUT2D eigenvalue weighted by Gasteiger charge is -2.23.